The summed E-state index contributed by atoms with van der Waals surface area (Å²) in [7, 11) is 0. The van der Waals surface area contributed by atoms with Crippen molar-refractivity contribution in [3.63, 3.8) is 0 Å². The van der Waals surface area contributed by atoms with Crippen LogP contribution in [0.1, 0.15) is 49.1 Å². The zero-order chi connectivity index (χ0) is 17.5. The average molecular weight is 266 g/mol. The van der Waals surface area contributed by atoms with E-state index in [4.69, 9.17) is 5.48 Å². The summed E-state index contributed by atoms with van der Waals surface area (Å²) >= 11 is 0. The lowest BCUT2D eigenvalue weighted by Crippen LogP contribution is -2.09. The zero-order valence-corrected chi connectivity index (χ0v) is 12.0. The molecular formula is C20H22+. The van der Waals surface area contributed by atoms with Crippen LogP contribution in [-0.2, 0) is 0 Å². The fourth-order valence-corrected chi connectivity index (χ4v) is 2.47. The van der Waals surface area contributed by atoms with Crippen molar-refractivity contribution in [3.8, 4) is 0 Å². The van der Waals surface area contributed by atoms with Gasteiger partial charge in [-0.3, -0.25) is 0 Å². The van der Waals surface area contributed by atoms with Crippen LogP contribution in [0.3, 0.4) is 0 Å². The Morgan fingerprint density at radius 1 is 1.00 bits per heavy atom. The maximum absolute atomic E-state index is 8.53. The first-order chi connectivity index (χ1) is 11.2. The maximum Gasteiger partial charge on any atom is 0.132 e. The summed E-state index contributed by atoms with van der Waals surface area (Å²) < 4.78 is 34.1. The molecule has 2 aliphatic rings. The summed E-state index contributed by atoms with van der Waals surface area (Å²) in [5.74, 6) is 1.67. The molecule has 0 aliphatic heterocycles. The second kappa shape index (κ2) is 5.75. The van der Waals surface area contributed by atoms with Gasteiger partial charge in [0.2, 0.25) is 0 Å². The fourth-order valence-electron chi connectivity index (χ4n) is 2.47. The van der Waals surface area contributed by atoms with E-state index in [1.54, 1.807) is 0 Å². The Kier molecular flexibility index (Phi) is 2.67. The van der Waals surface area contributed by atoms with Crippen LogP contribution in [-0.4, -0.2) is 0 Å². The standard InChI is InChI=1S/C20H22/c1-15-3-7-17(8-4-15)19-11-13-20(14-12-19)18-9-5-16(2)6-10-18/h3-10H,11-14H2,1-2H3/q+1/i11D2,13D2. The molecule has 0 aromatic heterocycles. The summed E-state index contributed by atoms with van der Waals surface area (Å²) in [6.45, 7) is 3.99. The molecule has 3 rings (SSSR count). The van der Waals surface area contributed by atoms with E-state index in [9.17, 15) is 0 Å². The van der Waals surface area contributed by atoms with Crippen LogP contribution < -0.4 is 0 Å². The zero-order valence-electron chi connectivity index (χ0n) is 16.0. The van der Waals surface area contributed by atoms with Gasteiger partial charge in [-0.15, -0.1) is 0 Å². The average Bonchev–Trinajstić information content (AvgIpc) is 2.52. The fraction of sp³-hybridized carbons (Fsp3) is 0.300. The van der Waals surface area contributed by atoms with Crippen LogP contribution in [0.4, 0.5) is 0 Å². The van der Waals surface area contributed by atoms with E-state index in [0.29, 0.717) is 24.3 Å². The van der Waals surface area contributed by atoms with Crippen LogP contribution in [0.15, 0.2) is 59.7 Å². The summed E-state index contributed by atoms with van der Waals surface area (Å²) in [6.07, 6.45) is 4.73. The van der Waals surface area contributed by atoms with Crippen LogP contribution in [0.2, 0.25) is 0 Å². The Morgan fingerprint density at radius 3 is 2.40 bits per heavy atom. The number of hydrogen-bond donors (Lipinski definition) is 0. The molecule has 1 radical (unpaired) electrons. The second-order valence-corrected chi connectivity index (χ2v) is 5.44. The molecule has 0 bridgehead atoms. The van der Waals surface area contributed by atoms with Crippen molar-refractivity contribution < 1.29 is 5.48 Å². The SMILES string of the molecule is [2H]C1([2H])C(=C2C=C[C](C)C=C2)CC[C+](c2ccc(C)cc2)C1([2H])[2H]. The minimum Gasteiger partial charge on any atom is -0.0730 e. The largest absolute Gasteiger partial charge is 0.132 e. The highest BCUT2D eigenvalue weighted by molar-refractivity contribution is 5.46. The van der Waals surface area contributed by atoms with Gasteiger partial charge in [0.05, 0.1) is 0 Å². The molecule has 0 saturated heterocycles. The third kappa shape index (κ3) is 2.90. The molecule has 0 spiro atoms. The predicted octanol–water partition coefficient (Wildman–Crippen LogP) is 5.51. The minimum absolute atomic E-state index is 0.540. The second-order valence-electron chi connectivity index (χ2n) is 5.44. The number of aryl methyl sites for hydroxylation is 1. The summed E-state index contributed by atoms with van der Waals surface area (Å²) in [5, 5.41) is 0. The normalized spacial score (nSPS) is 27.8. The van der Waals surface area contributed by atoms with Crippen molar-refractivity contribution in [3.05, 3.63) is 82.7 Å². The van der Waals surface area contributed by atoms with Crippen molar-refractivity contribution in [2.24, 2.45) is 0 Å². The first kappa shape index (κ1) is 9.28. The van der Waals surface area contributed by atoms with Crippen molar-refractivity contribution >= 4 is 0 Å². The Bertz CT molecular complexity index is 692. The summed E-state index contributed by atoms with van der Waals surface area (Å²) in [5.41, 5.74) is 3.28. The molecule has 1 aromatic rings. The van der Waals surface area contributed by atoms with Gasteiger partial charge in [0.25, 0.3) is 0 Å². The number of allylic oxidation sites excluding steroid dienone is 6. The van der Waals surface area contributed by atoms with Gasteiger partial charge in [-0.05, 0) is 43.0 Å². The molecule has 2 aliphatic carbocycles. The molecule has 0 heterocycles. The molecule has 0 unspecified atom stereocenters. The molecule has 20 heavy (non-hydrogen) atoms. The molecular weight excluding hydrogens is 240 g/mol. The first-order valence-corrected chi connectivity index (χ1v) is 7.10. The molecule has 1 aromatic carbocycles. The van der Waals surface area contributed by atoms with Gasteiger partial charge in [0.1, 0.15) is 5.56 Å². The van der Waals surface area contributed by atoms with Crippen molar-refractivity contribution in [2.45, 2.75) is 39.4 Å². The summed E-state index contributed by atoms with van der Waals surface area (Å²) in [4.78, 5) is 0. The monoisotopic (exact) mass is 266 g/mol. The lowest BCUT2D eigenvalue weighted by molar-refractivity contribution is 0.655. The van der Waals surface area contributed by atoms with Gasteiger partial charge in [-0.25, -0.2) is 0 Å². The molecule has 1 fully saturated rings. The van der Waals surface area contributed by atoms with Gasteiger partial charge >= 0.3 is 0 Å². The Morgan fingerprint density at radius 2 is 1.70 bits per heavy atom. The van der Waals surface area contributed by atoms with Crippen molar-refractivity contribution in [2.75, 3.05) is 0 Å². The van der Waals surface area contributed by atoms with Crippen molar-refractivity contribution in [1.29, 1.82) is 0 Å². The van der Waals surface area contributed by atoms with E-state index in [1.165, 1.54) is 0 Å². The molecule has 1 saturated carbocycles. The van der Waals surface area contributed by atoms with E-state index >= 15 is 0 Å². The van der Waals surface area contributed by atoms with E-state index < -0.39 is 12.7 Å². The van der Waals surface area contributed by atoms with E-state index in [2.05, 4.69) is 0 Å². The van der Waals surface area contributed by atoms with Gasteiger partial charge in [0, 0.05) is 42.2 Å². The molecule has 0 amide bonds. The van der Waals surface area contributed by atoms with Crippen LogP contribution >= 0.6 is 0 Å². The van der Waals surface area contributed by atoms with Gasteiger partial charge < -0.3 is 0 Å². The highest BCUT2D eigenvalue weighted by Gasteiger charge is 2.25. The lowest BCUT2D eigenvalue weighted by Gasteiger charge is -2.22. The maximum atomic E-state index is 8.53. The van der Waals surface area contributed by atoms with E-state index in [0.717, 1.165) is 22.6 Å². The number of rotatable bonds is 1. The van der Waals surface area contributed by atoms with Crippen LogP contribution in [0.5, 0.6) is 0 Å². The third-order valence-electron chi connectivity index (χ3n) is 3.79. The number of hydrogen-bond acceptors (Lipinski definition) is 0. The quantitative estimate of drug-likeness (QED) is 0.588. The van der Waals surface area contributed by atoms with E-state index in [-0.39, 0.29) is 0 Å². The molecule has 0 atom stereocenters. The Balaban J connectivity index is 1.99. The lowest BCUT2D eigenvalue weighted by atomic mass is 9.79. The third-order valence-corrected chi connectivity index (χ3v) is 3.79. The van der Waals surface area contributed by atoms with E-state index in [1.807, 2.05) is 62.4 Å². The Hall–Kier alpha value is -1.69. The summed E-state index contributed by atoms with van der Waals surface area (Å²) in [6, 6.07) is 7.70. The van der Waals surface area contributed by atoms with Crippen LogP contribution in [0.25, 0.3) is 0 Å². The van der Waals surface area contributed by atoms with Gasteiger partial charge in [-0.1, -0.05) is 36.8 Å². The molecule has 0 heteroatoms. The Labute approximate surface area is 128 Å². The molecule has 0 N–H and O–H groups in total. The van der Waals surface area contributed by atoms with Crippen molar-refractivity contribution in [1.82, 2.24) is 0 Å². The topological polar surface area (TPSA) is 0 Å². The number of benzene rings is 1. The molecule has 101 valence electrons. The van der Waals surface area contributed by atoms with Crippen LogP contribution in [0, 0.1) is 18.8 Å². The predicted molar refractivity (Wildman–Crippen MR) is 86.2 cm³/mol. The molecule has 0 nitrogen and oxygen atoms in total. The van der Waals surface area contributed by atoms with Gasteiger partial charge in [-0.2, -0.15) is 0 Å². The highest BCUT2D eigenvalue weighted by atomic mass is 14.2. The first-order valence-electron chi connectivity index (χ1n) is 9.10. The highest BCUT2D eigenvalue weighted by Crippen LogP contribution is 2.37. The minimum atomic E-state index is -2.03. The smallest absolute Gasteiger partial charge is 0.0730 e. The van der Waals surface area contributed by atoms with Gasteiger partial charge in [0.15, 0.2) is 0 Å².